The van der Waals surface area contributed by atoms with Crippen LogP contribution < -0.4 is 9.64 Å². The van der Waals surface area contributed by atoms with E-state index in [4.69, 9.17) is 9.47 Å². The minimum absolute atomic E-state index is 0.264. The molecule has 0 N–H and O–H groups in total. The number of aromatic nitrogens is 1. The molecule has 2 saturated heterocycles. The van der Waals surface area contributed by atoms with Crippen molar-refractivity contribution in [2.45, 2.75) is 12.8 Å². The van der Waals surface area contributed by atoms with Crippen LogP contribution in [-0.2, 0) is 4.74 Å². The molecule has 0 aliphatic carbocycles. The highest BCUT2D eigenvalue weighted by Gasteiger charge is 2.42. The van der Waals surface area contributed by atoms with Gasteiger partial charge in [0.2, 0.25) is 0 Å². The monoisotopic (exact) mass is 428 g/mol. The summed E-state index contributed by atoms with van der Waals surface area (Å²) in [5, 5.41) is 0.950. The Balaban J connectivity index is 1.81. The van der Waals surface area contributed by atoms with Crippen LogP contribution in [0.1, 0.15) is 12.8 Å². The first-order valence-corrected chi connectivity index (χ1v) is 8.84. The standard InChI is InChI=1S/C17H18FIN2O2/c1-22-15-6-11-14(7-12(15)18)20-8-13(19)16(11)21-4-2-17(9-21)3-5-23-10-17/h6-8H,2-5,9-10H2,1H3/t17-/m0/s1. The van der Waals surface area contributed by atoms with Crippen LogP contribution in [0.3, 0.4) is 0 Å². The highest BCUT2D eigenvalue weighted by atomic mass is 127. The number of benzene rings is 1. The maximum Gasteiger partial charge on any atom is 0.167 e. The summed E-state index contributed by atoms with van der Waals surface area (Å²) >= 11 is 2.31. The SMILES string of the molecule is COc1cc2c(N3CC[C@]4(CCOC4)C3)c(I)cnc2cc1F. The molecule has 0 unspecified atom stereocenters. The van der Waals surface area contributed by atoms with Gasteiger partial charge in [0.15, 0.2) is 11.6 Å². The zero-order chi connectivity index (χ0) is 16.0. The first kappa shape index (κ1) is 15.4. The predicted molar refractivity (Wildman–Crippen MR) is 95.7 cm³/mol. The molecule has 1 spiro atoms. The van der Waals surface area contributed by atoms with Crippen LogP contribution in [0.4, 0.5) is 10.1 Å². The molecule has 0 saturated carbocycles. The Morgan fingerprint density at radius 2 is 2.26 bits per heavy atom. The summed E-state index contributed by atoms with van der Waals surface area (Å²) in [6.45, 7) is 3.70. The maximum atomic E-state index is 14.0. The second kappa shape index (κ2) is 5.73. The number of halogens is 2. The van der Waals surface area contributed by atoms with E-state index in [1.54, 1.807) is 6.07 Å². The molecule has 6 heteroatoms. The number of nitrogens with zero attached hydrogens (tertiary/aromatic N) is 2. The predicted octanol–water partition coefficient (Wildman–Crippen LogP) is 3.60. The molecule has 2 aromatic rings. The van der Waals surface area contributed by atoms with E-state index in [9.17, 15) is 4.39 Å². The van der Waals surface area contributed by atoms with Crippen molar-refractivity contribution in [1.29, 1.82) is 0 Å². The fraction of sp³-hybridized carbons (Fsp3) is 0.471. The third-order valence-corrected chi connectivity index (χ3v) is 5.80. The van der Waals surface area contributed by atoms with Gasteiger partial charge in [-0.05, 0) is 41.5 Å². The van der Waals surface area contributed by atoms with E-state index in [2.05, 4.69) is 32.5 Å². The van der Waals surface area contributed by atoms with Gasteiger partial charge in [-0.25, -0.2) is 4.39 Å². The Hall–Kier alpha value is -1.15. The first-order chi connectivity index (χ1) is 11.1. The molecular weight excluding hydrogens is 410 g/mol. The molecule has 3 heterocycles. The minimum atomic E-state index is -0.373. The lowest BCUT2D eigenvalue weighted by Crippen LogP contribution is -2.28. The molecule has 122 valence electrons. The van der Waals surface area contributed by atoms with Crippen LogP contribution in [0, 0.1) is 14.8 Å². The highest BCUT2D eigenvalue weighted by molar-refractivity contribution is 14.1. The summed E-state index contributed by atoms with van der Waals surface area (Å²) in [5.74, 6) is -0.109. The lowest BCUT2D eigenvalue weighted by atomic mass is 9.87. The van der Waals surface area contributed by atoms with Gasteiger partial charge in [0.25, 0.3) is 0 Å². The van der Waals surface area contributed by atoms with Crippen molar-refractivity contribution in [3.05, 3.63) is 27.7 Å². The van der Waals surface area contributed by atoms with Gasteiger partial charge in [0, 0.05) is 42.8 Å². The third kappa shape index (κ3) is 2.55. The van der Waals surface area contributed by atoms with Crippen LogP contribution in [0.2, 0.25) is 0 Å². The quantitative estimate of drug-likeness (QED) is 0.685. The van der Waals surface area contributed by atoms with E-state index < -0.39 is 0 Å². The molecule has 1 aromatic carbocycles. The molecule has 1 aromatic heterocycles. The van der Waals surface area contributed by atoms with Crippen LogP contribution in [0.15, 0.2) is 18.3 Å². The summed E-state index contributed by atoms with van der Waals surface area (Å²) in [4.78, 5) is 6.78. The Kier molecular flexibility index (Phi) is 3.84. The fourth-order valence-corrected chi connectivity index (χ4v) is 4.50. The van der Waals surface area contributed by atoms with E-state index >= 15 is 0 Å². The summed E-state index contributed by atoms with van der Waals surface area (Å²) in [6, 6.07) is 3.23. The van der Waals surface area contributed by atoms with Crippen molar-refractivity contribution in [2.24, 2.45) is 5.41 Å². The van der Waals surface area contributed by atoms with Crippen LogP contribution >= 0.6 is 22.6 Å². The van der Waals surface area contributed by atoms with E-state index in [1.807, 2.05) is 6.20 Å². The van der Waals surface area contributed by atoms with Gasteiger partial charge in [-0.3, -0.25) is 4.98 Å². The number of fused-ring (bicyclic) bond motifs is 1. The first-order valence-electron chi connectivity index (χ1n) is 7.76. The van der Waals surface area contributed by atoms with Crippen molar-refractivity contribution >= 4 is 39.2 Å². The zero-order valence-electron chi connectivity index (χ0n) is 12.9. The number of anilines is 1. The molecule has 2 aliphatic heterocycles. The molecule has 0 amide bonds. The van der Waals surface area contributed by atoms with Crippen molar-refractivity contribution in [2.75, 3.05) is 38.3 Å². The number of ether oxygens (including phenoxy) is 2. The third-order valence-electron chi connectivity index (χ3n) is 5.01. The summed E-state index contributed by atoms with van der Waals surface area (Å²) in [7, 11) is 1.49. The highest BCUT2D eigenvalue weighted by Crippen LogP contribution is 2.43. The van der Waals surface area contributed by atoms with Gasteiger partial charge in [-0.2, -0.15) is 0 Å². The average Bonchev–Trinajstić information content (AvgIpc) is 3.17. The van der Waals surface area contributed by atoms with Crippen molar-refractivity contribution in [1.82, 2.24) is 4.98 Å². The minimum Gasteiger partial charge on any atom is -0.494 e. The molecule has 4 rings (SSSR count). The van der Waals surface area contributed by atoms with Crippen molar-refractivity contribution in [3.63, 3.8) is 0 Å². The van der Waals surface area contributed by atoms with Gasteiger partial charge in [0.05, 0.1) is 28.5 Å². The average molecular weight is 428 g/mol. The molecule has 0 radical (unpaired) electrons. The van der Waals surface area contributed by atoms with Crippen LogP contribution in [0.25, 0.3) is 10.9 Å². The summed E-state index contributed by atoms with van der Waals surface area (Å²) in [6.07, 6.45) is 4.09. The number of pyridine rings is 1. The second-order valence-electron chi connectivity index (χ2n) is 6.43. The van der Waals surface area contributed by atoms with Crippen molar-refractivity contribution in [3.8, 4) is 5.75 Å². The lowest BCUT2D eigenvalue weighted by molar-refractivity contribution is 0.160. The summed E-state index contributed by atoms with van der Waals surface area (Å²) in [5.41, 5.74) is 2.09. The van der Waals surface area contributed by atoms with E-state index in [0.29, 0.717) is 5.52 Å². The molecule has 0 bridgehead atoms. The van der Waals surface area contributed by atoms with E-state index in [-0.39, 0.29) is 17.0 Å². The summed E-state index contributed by atoms with van der Waals surface area (Å²) < 4.78 is 25.8. The number of rotatable bonds is 2. The fourth-order valence-electron chi connectivity index (χ4n) is 3.73. The molecule has 2 fully saturated rings. The smallest absolute Gasteiger partial charge is 0.167 e. The Morgan fingerprint density at radius 3 is 3.00 bits per heavy atom. The number of hydrogen-bond acceptors (Lipinski definition) is 4. The Labute approximate surface area is 148 Å². The van der Waals surface area contributed by atoms with Gasteiger partial charge in [0.1, 0.15) is 0 Å². The van der Waals surface area contributed by atoms with Crippen molar-refractivity contribution < 1.29 is 13.9 Å². The molecule has 2 aliphatic rings. The molecular formula is C17H18FIN2O2. The van der Waals surface area contributed by atoms with Gasteiger partial charge < -0.3 is 14.4 Å². The molecule has 1 atom stereocenters. The maximum absolute atomic E-state index is 14.0. The molecule has 4 nitrogen and oxygen atoms in total. The van der Waals surface area contributed by atoms with E-state index in [0.717, 1.165) is 53.8 Å². The van der Waals surface area contributed by atoms with E-state index in [1.165, 1.54) is 13.2 Å². The topological polar surface area (TPSA) is 34.6 Å². The van der Waals surface area contributed by atoms with Crippen LogP contribution in [0.5, 0.6) is 5.75 Å². The Morgan fingerprint density at radius 1 is 1.39 bits per heavy atom. The second-order valence-corrected chi connectivity index (χ2v) is 7.59. The zero-order valence-corrected chi connectivity index (χ0v) is 15.1. The normalized spacial score (nSPS) is 24.0. The largest absolute Gasteiger partial charge is 0.494 e. The molecule has 23 heavy (non-hydrogen) atoms. The number of hydrogen-bond donors (Lipinski definition) is 0. The van der Waals surface area contributed by atoms with Gasteiger partial charge in [-0.15, -0.1) is 0 Å². The van der Waals surface area contributed by atoms with Gasteiger partial charge in [-0.1, -0.05) is 0 Å². The van der Waals surface area contributed by atoms with Crippen LogP contribution in [-0.4, -0.2) is 38.4 Å². The Bertz CT molecular complexity index is 762. The van der Waals surface area contributed by atoms with Gasteiger partial charge >= 0.3 is 0 Å². The lowest BCUT2D eigenvalue weighted by Gasteiger charge is -2.25. The number of methoxy groups -OCH3 is 1.